The highest BCUT2D eigenvalue weighted by molar-refractivity contribution is 5.92. The van der Waals surface area contributed by atoms with Gasteiger partial charge in [0.05, 0.1) is 18.5 Å². The van der Waals surface area contributed by atoms with E-state index in [2.05, 4.69) is 20.8 Å². The maximum absolute atomic E-state index is 12.3. The second kappa shape index (κ2) is 7.23. The molecule has 0 aliphatic carbocycles. The Labute approximate surface area is 135 Å². The smallest absolute Gasteiger partial charge is 0.224 e. The molecule has 1 fully saturated rings. The minimum absolute atomic E-state index is 0.0242. The van der Waals surface area contributed by atoms with Gasteiger partial charge >= 0.3 is 0 Å². The molecule has 2 N–H and O–H groups in total. The van der Waals surface area contributed by atoms with Gasteiger partial charge in [0.2, 0.25) is 5.91 Å². The molecule has 23 heavy (non-hydrogen) atoms. The van der Waals surface area contributed by atoms with Crippen LogP contribution in [0.3, 0.4) is 0 Å². The van der Waals surface area contributed by atoms with Crippen molar-refractivity contribution >= 4 is 11.6 Å². The van der Waals surface area contributed by atoms with Crippen LogP contribution in [0.5, 0.6) is 5.75 Å². The Bertz CT molecular complexity index is 650. The lowest BCUT2D eigenvalue weighted by Crippen LogP contribution is -2.30. The van der Waals surface area contributed by atoms with Crippen LogP contribution in [0.2, 0.25) is 0 Å². The first-order valence-corrected chi connectivity index (χ1v) is 7.80. The molecule has 2 heterocycles. The zero-order chi connectivity index (χ0) is 16.1. The van der Waals surface area contributed by atoms with E-state index in [4.69, 9.17) is 4.74 Å². The van der Waals surface area contributed by atoms with Crippen LogP contribution in [0.1, 0.15) is 19.3 Å². The van der Waals surface area contributed by atoms with Crippen molar-refractivity contribution in [1.29, 1.82) is 0 Å². The molecule has 7 heteroatoms. The van der Waals surface area contributed by atoms with Crippen molar-refractivity contribution in [2.24, 2.45) is 5.92 Å². The van der Waals surface area contributed by atoms with Gasteiger partial charge in [0.15, 0.2) is 0 Å². The summed E-state index contributed by atoms with van der Waals surface area (Å²) in [4.78, 5) is 12.3. The van der Waals surface area contributed by atoms with E-state index >= 15 is 0 Å². The number of rotatable bonds is 5. The number of hydrogen-bond donors (Lipinski definition) is 2. The molecule has 2 aromatic rings. The van der Waals surface area contributed by atoms with Crippen LogP contribution in [0, 0.1) is 5.92 Å². The van der Waals surface area contributed by atoms with Gasteiger partial charge in [0.25, 0.3) is 0 Å². The second-order valence-electron chi connectivity index (χ2n) is 5.70. The monoisotopic (exact) mass is 315 g/mol. The summed E-state index contributed by atoms with van der Waals surface area (Å²) < 4.78 is 7.12. The first-order chi connectivity index (χ1) is 11.3. The normalized spacial score (nSPS) is 15.3. The lowest BCUT2D eigenvalue weighted by molar-refractivity contribution is -0.117. The number of hydrogen-bond acceptors (Lipinski definition) is 5. The maximum atomic E-state index is 12.3. The quantitative estimate of drug-likeness (QED) is 0.876. The van der Waals surface area contributed by atoms with Crippen LogP contribution < -0.4 is 15.4 Å². The number of piperidine rings is 1. The highest BCUT2D eigenvalue weighted by atomic mass is 16.5. The number of ether oxygens (including phenoxy) is 1. The average Bonchev–Trinajstić information content (AvgIpc) is 3.10. The van der Waals surface area contributed by atoms with Crippen LogP contribution in [0.25, 0.3) is 5.69 Å². The van der Waals surface area contributed by atoms with E-state index in [1.54, 1.807) is 24.3 Å². The minimum Gasteiger partial charge on any atom is -0.495 e. The Kier molecular flexibility index (Phi) is 4.87. The minimum atomic E-state index is 0.0242. The van der Waals surface area contributed by atoms with Gasteiger partial charge in [-0.3, -0.25) is 9.36 Å². The van der Waals surface area contributed by atoms with Crippen molar-refractivity contribution in [2.75, 3.05) is 25.5 Å². The molecule has 0 saturated carbocycles. The maximum Gasteiger partial charge on any atom is 0.224 e. The summed E-state index contributed by atoms with van der Waals surface area (Å²) >= 11 is 0. The number of aromatic nitrogens is 3. The number of nitrogens with one attached hydrogen (secondary N) is 2. The fourth-order valence-electron chi connectivity index (χ4n) is 2.84. The van der Waals surface area contributed by atoms with Gasteiger partial charge < -0.3 is 15.4 Å². The summed E-state index contributed by atoms with van der Waals surface area (Å²) in [7, 11) is 1.59. The average molecular weight is 315 g/mol. The fourth-order valence-corrected chi connectivity index (χ4v) is 2.84. The van der Waals surface area contributed by atoms with E-state index in [0.29, 0.717) is 23.8 Å². The van der Waals surface area contributed by atoms with E-state index < -0.39 is 0 Å². The fraction of sp³-hybridized carbons (Fsp3) is 0.438. The highest BCUT2D eigenvalue weighted by Gasteiger charge is 2.18. The first kappa shape index (κ1) is 15.5. The van der Waals surface area contributed by atoms with E-state index in [0.717, 1.165) is 31.6 Å². The molecule has 7 nitrogen and oxygen atoms in total. The topological polar surface area (TPSA) is 81.1 Å². The van der Waals surface area contributed by atoms with Gasteiger partial charge in [0, 0.05) is 6.42 Å². The molecule has 0 radical (unpaired) electrons. The number of amides is 1. The van der Waals surface area contributed by atoms with Crippen molar-refractivity contribution in [1.82, 2.24) is 20.1 Å². The number of methoxy groups -OCH3 is 1. The molecule has 1 aliphatic rings. The van der Waals surface area contributed by atoms with Crippen molar-refractivity contribution in [2.45, 2.75) is 19.3 Å². The number of anilines is 1. The predicted molar refractivity (Wildman–Crippen MR) is 86.8 cm³/mol. The predicted octanol–water partition coefficient (Wildman–Crippen LogP) is 1.60. The van der Waals surface area contributed by atoms with Crippen molar-refractivity contribution < 1.29 is 9.53 Å². The molecule has 0 spiro atoms. The molecule has 1 saturated heterocycles. The molecule has 0 bridgehead atoms. The Morgan fingerprint density at radius 2 is 2.09 bits per heavy atom. The second-order valence-corrected chi connectivity index (χ2v) is 5.70. The Balaban J connectivity index is 1.72. The third-order valence-corrected chi connectivity index (χ3v) is 4.11. The summed E-state index contributed by atoms with van der Waals surface area (Å²) in [6.07, 6.45) is 5.86. The van der Waals surface area contributed by atoms with Gasteiger partial charge in [-0.25, -0.2) is 0 Å². The van der Waals surface area contributed by atoms with E-state index in [1.165, 1.54) is 0 Å². The first-order valence-electron chi connectivity index (χ1n) is 7.80. The van der Waals surface area contributed by atoms with Gasteiger partial charge in [-0.2, -0.15) is 0 Å². The molecule has 1 amide bonds. The van der Waals surface area contributed by atoms with Crippen molar-refractivity contribution in [3.05, 3.63) is 30.9 Å². The highest BCUT2D eigenvalue weighted by Crippen LogP contribution is 2.28. The van der Waals surface area contributed by atoms with E-state index in [9.17, 15) is 4.79 Å². The lowest BCUT2D eigenvalue weighted by Gasteiger charge is -2.22. The Morgan fingerprint density at radius 3 is 2.78 bits per heavy atom. The Hall–Kier alpha value is -2.41. The summed E-state index contributed by atoms with van der Waals surface area (Å²) in [5.74, 6) is 1.11. The molecule has 3 rings (SSSR count). The standard InChI is InChI=1S/C16H21N5O2/c1-23-15-3-2-13(21-10-18-19-11-21)9-14(15)20-16(22)8-12-4-6-17-7-5-12/h2-3,9-12,17H,4-8H2,1H3,(H,20,22). The largest absolute Gasteiger partial charge is 0.495 e. The van der Waals surface area contributed by atoms with E-state index in [-0.39, 0.29) is 5.91 Å². The van der Waals surface area contributed by atoms with Gasteiger partial charge in [-0.05, 0) is 50.0 Å². The van der Waals surface area contributed by atoms with Crippen LogP contribution >= 0.6 is 0 Å². The van der Waals surface area contributed by atoms with Crippen LogP contribution in [-0.4, -0.2) is 40.9 Å². The SMILES string of the molecule is COc1ccc(-n2cnnc2)cc1NC(=O)CC1CCNCC1. The van der Waals surface area contributed by atoms with Gasteiger partial charge in [-0.1, -0.05) is 0 Å². The van der Waals surface area contributed by atoms with Gasteiger partial charge in [-0.15, -0.1) is 10.2 Å². The molecule has 1 aromatic carbocycles. The molecular formula is C16H21N5O2. The molecule has 0 unspecified atom stereocenters. The molecule has 1 aliphatic heterocycles. The molecular weight excluding hydrogens is 294 g/mol. The zero-order valence-corrected chi connectivity index (χ0v) is 13.2. The number of carbonyl (C=O) groups is 1. The van der Waals surface area contributed by atoms with Crippen LogP contribution in [0.15, 0.2) is 30.9 Å². The Morgan fingerprint density at radius 1 is 1.35 bits per heavy atom. The van der Waals surface area contributed by atoms with Crippen molar-refractivity contribution in [3.63, 3.8) is 0 Å². The molecule has 0 atom stereocenters. The molecule has 1 aromatic heterocycles. The van der Waals surface area contributed by atoms with Crippen LogP contribution in [0.4, 0.5) is 5.69 Å². The summed E-state index contributed by atoms with van der Waals surface area (Å²) in [5.41, 5.74) is 1.53. The zero-order valence-electron chi connectivity index (χ0n) is 13.2. The summed E-state index contributed by atoms with van der Waals surface area (Å²) in [5, 5.41) is 13.9. The van der Waals surface area contributed by atoms with Crippen molar-refractivity contribution in [3.8, 4) is 11.4 Å². The number of benzene rings is 1. The van der Waals surface area contributed by atoms with Crippen LogP contribution in [-0.2, 0) is 4.79 Å². The molecule has 122 valence electrons. The summed E-state index contributed by atoms with van der Waals surface area (Å²) in [6, 6.07) is 5.59. The van der Waals surface area contributed by atoms with Gasteiger partial charge in [0.1, 0.15) is 18.4 Å². The summed E-state index contributed by atoms with van der Waals surface area (Å²) in [6.45, 7) is 1.98. The lowest BCUT2D eigenvalue weighted by atomic mass is 9.94. The number of carbonyl (C=O) groups excluding carboxylic acids is 1. The van der Waals surface area contributed by atoms with E-state index in [1.807, 2.05) is 18.2 Å². The number of nitrogens with zero attached hydrogens (tertiary/aromatic N) is 3. The third-order valence-electron chi connectivity index (χ3n) is 4.11. The third kappa shape index (κ3) is 3.87.